The predicted molar refractivity (Wildman–Crippen MR) is 89.0 cm³/mol. The van der Waals surface area contributed by atoms with Gasteiger partial charge in [0.1, 0.15) is 11.5 Å². The van der Waals surface area contributed by atoms with Crippen LogP contribution in [0, 0.1) is 3.57 Å². The fourth-order valence-electron chi connectivity index (χ4n) is 2.17. The number of aryl methyl sites for hydroxylation is 1. The molecule has 2 N–H and O–H groups in total. The first-order chi connectivity index (χ1) is 9.68. The average molecular weight is 376 g/mol. The van der Waals surface area contributed by atoms with E-state index in [9.17, 15) is 0 Å². The molecule has 0 aliphatic heterocycles. The molecule has 0 saturated carbocycles. The lowest BCUT2D eigenvalue weighted by Gasteiger charge is -2.05. The summed E-state index contributed by atoms with van der Waals surface area (Å²) in [4.78, 5) is 4.17. The Hall–Kier alpha value is -1.89. The van der Waals surface area contributed by atoms with Crippen molar-refractivity contribution in [3.63, 3.8) is 0 Å². The minimum Gasteiger partial charge on any atom is -0.383 e. The first-order valence-corrected chi connectivity index (χ1v) is 7.24. The summed E-state index contributed by atoms with van der Waals surface area (Å²) in [5, 5.41) is 4.58. The Morgan fingerprint density at radius 2 is 1.95 bits per heavy atom. The van der Waals surface area contributed by atoms with Gasteiger partial charge in [0.05, 0.1) is 5.56 Å². The fraction of sp³-hybridized carbons (Fsp3) is 0.0667. The molecule has 0 radical (unpaired) electrons. The van der Waals surface area contributed by atoms with Gasteiger partial charge in [-0.05, 0) is 34.7 Å². The van der Waals surface area contributed by atoms with Crippen LogP contribution in [0.4, 0.5) is 5.82 Å². The standard InChI is InChI=1S/C15H13IN4/c1-20-15(17)13(10-5-4-8-18-9-10)14(19-20)11-6-2-3-7-12(11)16/h2-9H,17H2,1H3. The van der Waals surface area contributed by atoms with Crippen molar-refractivity contribution in [3.05, 3.63) is 52.4 Å². The lowest BCUT2D eigenvalue weighted by atomic mass is 10.0. The van der Waals surface area contributed by atoms with Gasteiger partial charge in [0.2, 0.25) is 0 Å². The summed E-state index contributed by atoms with van der Waals surface area (Å²) in [5.74, 6) is 0.646. The maximum Gasteiger partial charge on any atom is 0.129 e. The number of halogens is 1. The smallest absolute Gasteiger partial charge is 0.129 e. The zero-order chi connectivity index (χ0) is 14.1. The Morgan fingerprint density at radius 1 is 1.15 bits per heavy atom. The maximum atomic E-state index is 6.19. The molecular weight excluding hydrogens is 363 g/mol. The number of pyridine rings is 1. The molecule has 0 bridgehead atoms. The van der Waals surface area contributed by atoms with Crippen molar-refractivity contribution in [3.8, 4) is 22.4 Å². The monoisotopic (exact) mass is 376 g/mol. The molecule has 0 spiro atoms. The Kier molecular flexibility index (Phi) is 3.43. The zero-order valence-electron chi connectivity index (χ0n) is 10.9. The molecule has 0 saturated heterocycles. The van der Waals surface area contributed by atoms with E-state index in [1.54, 1.807) is 10.9 Å². The predicted octanol–water partition coefficient (Wildman–Crippen LogP) is 3.34. The van der Waals surface area contributed by atoms with Crippen LogP contribution in [0.1, 0.15) is 0 Å². The van der Waals surface area contributed by atoms with Gasteiger partial charge in [0.15, 0.2) is 0 Å². The number of nitrogen functional groups attached to an aromatic ring is 1. The summed E-state index contributed by atoms with van der Waals surface area (Å²) in [5.41, 5.74) is 10.1. The van der Waals surface area contributed by atoms with Crippen LogP contribution in [0.25, 0.3) is 22.4 Å². The highest BCUT2D eigenvalue weighted by atomic mass is 127. The van der Waals surface area contributed by atoms with E-state index in [1.165, 1.54) is 0 Å². The number of hydrogen-bond donors (Lipinski definition) is 1. The number of aromatic nitrogens is 3. The van der Waals surface area contributed by atoms with Crippen molar-refractivity contribution in [1.82, 2.24) is 14.8 Å². The van der Waals surface area contributed by atoms with E-state index < -0.39 is 0 Å². The summed E-state index contributed by atoms with van der Waals surface area (Å²) >= 11 is 2.32. The van der Waals surface area contributed by atoms with Crippen molar-refractivity contribution in [2.24, 2.45) is 7.05 Å². The number of rotatable bonds is 2. The van der Waals surface area contributed by atoms with Crippen LogP contribution in [0.5, 0.6) is 0 Å². The van der Waals surface area contributed by atoms with E-state index in [4.69, 9.17) is 5.73 Å². The molecule has 0 aliphatic carbocycles. The normalized spacial score (nSPS) is 10.7. The summed E-state index contributed by atoms with van der Waals surface area (Å²) in [6.45, 7) is 0. The van der Waals surface area contributed by atoms with Crippen LogP contribution in [-0.2, 0) is 7.05 Å². The lowest BCUT2D eigenvalue weighted by molar-refractivity contribution is 0.782. The van der Waals surface area contributed by atoms with E-state index in [0.717, 1.165) is 26.0 Å². The molecule has 100 valence electrons. The minimum atomic E-state index is 0.646. The van der Waals surface area contributed by atoms with Crippen molar-refractivity contribution in [2.45, 2.75) is 0 Å². The molecule has 2 heterocycles. The van der Waals surface area contributed by atoms with Crippen LogP contribution >= 0.6 is 22.6 Å². The van der Waals surface area contributed by atoms with Gasteiger partial charge in [0.25, 0.3) is 0 Å². The molecule has 0 atom stereocenters. The second kappa shape index (κ2) is 5.24. The van der Waals surface area contributed by atoms with Gasteiger partial charge in [-0.2, -0.15) is 5.10 Å². The topological polar surface area (TPSA) is 56.7 Å². The van der Waals surface area contributed by atoms with Crippen LogP contribution in [0.15, 0.2) is 48.8 Å². The van der Waals surface area contributed by atoms with Gasteiger partial charge in [-0.25, -0.2) is 0 Å². The van der Waals surface area contributed by atoms with E-state index >= 15 is 0 Å². The highest BCUT2D eigenvalue weighted by molar-refractivity contribution is 14.1. The average Bonchev–Trinajstić information content (AvgIpc) is 2.76. The van der Waals surface area contributed by atoms with Crippen molar-refractivity contribution >= 4 is 28.4 Å². The molecule has 3 aromatic rings. The quantitative estimate of drug-likeness (QED) is 0.698. The summed E-state index contributed by atoms with van der Waals surface area (Å²) in [6, 6.07) is 12.1. The van der Waals surface area contributed by atoms with E-state index in [0.29, 0.717) is 5.82 Å². The fourth-order valence-corrected chi connectivity index (χ4v) is 2.82. The molecule has 3 rings (SSSR count). The van der Waals surface area contributed by atoms with Crippen LogP contribution in [-0.4, -0.2) is 14.8 Å². The molecule has 0 unspecified atom stereocenters. The highest BCUT2D eigenvalue weighted by Gasteiger charge is 2.18. The Morgan fingerprint density at radius 3 is 2.65 bits per heavy atom. The third kappa shape index (κ3) is 2.18. The first-order valence-electron chi connectivity index (χ1n) is 6.16. The summed E-state index contributed by atoms with van der Waals surface area (Å²) in [7, 11) is 1.86. The first kappa shape index (κ1) is 13.1. The number of hydrogen-bond acceptors (Lipinski definition) is 3. The van der Waals surface area contributed by atoms with Gasteiger partial charge < -0.3 is 5.73 Å². The molecule has 0 aliphatic rings. The second-order valence-corrected chi connectivity index (χ2v) is 5.62. The van der Waals surface area contributed by atoms with Crippen LogP contribution in [0.3, 0.4) is 0 Å². The van der Waals surface area contributed by atoms with Gasteiger partial charge in [-0.1, -0.05) is 24.3 Å². The molecule has 20 heavy (non-hydrogen) atoms. The Labute approximate surface area is 130 Å². The summed E-state index contributed by atoms with van der Waals surface area (Å²) < 4.78 is 2.86. The van der Waals surface area contributed by atoms with Crippen molar-refractivity contribution in [2.75, 3.05) is 5.73 Å². The van der Waals surface area contributed by atoms with Crippen LogP contribution in [0.2, 0.25) is 0 Å². The van der Waals surface area contributed by atoms with Gasteiger partial charge in [-0.3, -0.25) is 9.67 Å². The number of nitrogens with zero attached hydrogens (tertiary/aromatic N) is 3. The molecule has 0 amide bonds. The van der Waals surface area contributed by atoms with Gasteiger partial charge in [0, 0.05) is 34.1 Å². The number of benzene rings is 1. The highest BCUT2D eigenvalue weighted by Crippen LogP contribution is 2.37. The molecule has 5 heteroatoms. The number of anilines is 1. The maximum absolute atomic E-state index is 6.19. The molecule has 2 aromatic heterocycles. The molecule has 1 aromatic carbocycles. The van der Waals surface area contributed by atoms with Gasteiger partial charge in [-0.15, -0.1) is 0 Å². The van der Waals surface area contributed by atoms with Crippen molar-refractivity contribution in [1.29, 1.82) is 0 Å². The third-order valence-electron chi connectivity index (χ3n) is 3.17. The summed E-state index contributed by atoms with van der Waals surface area (Å²) in [6.07, 6.45) is 3.56. The Bertz CT molecular complexity index is 750. The molecule has 0 fully saturated rings. The molecular formula is C15H13IN4. The van der Waals surface area contributed by atoms with E-state index in [1.807, 2.05) is 37.5 Å². The van der Waals surface area contributed by atoms with Crippen LogP contribution < -0.4 is 5.73 Å². The zero-order valence-corrected chi connectivity index (χ0v) is 13.1. The second-order valence-electron chi connectivity index (χ2n) is 4.45. The minimum absolute atomic E-state index is 0.646. The van der Waals surface area contributed by atoms with E-state index in [-0.39, 0.29) is 0 Å². The molecule has 4 nitrogen and oxygen atoms in total. The lowest BCUT2D eigenvalue weighted by Crippen LogP contribution is -1.98. The van der Waals surface area contributed by atoms with Crippen molar-refractivity contribution < 1.29 is 0 Å². The number of nitrogens with two attached hydrogens (primary N) is 1. The SMILES string of the molecule is Cn1nc(-c2ccccc2I)c(-c2cccnc2)c1N. The Balaban J connectivity index is 2.28. The van der Waals surface area contributed by atoms with Gasteiger partial charge >= 0.3 is 0 Å². The largest absolute Gasteiger partial charge is 0.383 e. The third-order valence-corrected chi connectivity index (χ3v) is 4.11. The van der Waals surface area contributed by atoms with E-state index in [2.05, 4.69) is 44.8 Å².